The topological polar surface area (TPSA) is 21.3 Å². The summed E-state index contributed by atoms with van der Waals surface area (Å²) in [5.41, 5.74) is 2.57. The van der Waals surface area contributed by atoms with Crippen LogP contribution in [0.3, 0.4) is 0 Å². The molecule has 2 heteroatoms. The zero-order chi connectivity index (χ0) is 12.3. The quantitative estimate of drug-likeness (QED) is 0.522. The predicted molar refractivity (Wildman–Crippen MR) is 72.9 cm³/mol. The summed E-state index contributed by atoms with van der Waals surface area (Å²) in [4.78, 5) is 0. The molecule has 0 radical (unpaired) electrons. The number of nitrogens with one attached hydrogen (secondary N) is 1. The van der Waals surface area contributed by atoms with E-state index in [2.05, 4.69) is 43.1 Å². The second-order valence-corrected chi connectivity index (χ2v) is 4.08. The van der Waals surface area contributed by atoms with Crippen molar-refractivity contribution in [1.82, 2.24) is 5.32 Å². The summed E-state index contributed by atoms with van der Waals surface area (Å²) in [6.07, 6.45) is 4.02. The molecule has 0 bridgehead atoms. The monoisotopic (exact) mass is 233 g/mol. The van der Waals surface area contributed by atoms with E-state index in [1.54, 1.807) is 0 Å². The van der Waals surface area contributed by atoms with Crippen molar-refractivity contribution in [2.45, 2.75) is 32.9 Å². The number of hydrogen-bond donors (Lipinski definition) is 1. The minimum atomic E-state index is 0.705. The molecule has 2 nitrogen and oxygen atoms in total. The Bertz CT molecular complexity index is 322. The lowest BCUT2D eigenvalue weighted by Crippen LogP contribution is -2.11. The van der Waals surface area contributed by atoms with Gasteiger partial charge in [-0.2, -0.15) is 0 Å². The van der Waals surface area contributed by atoms with Crippen molar-refractivity contribution in [2.24, 2.45) is 0 Å². The van der Waals surface area contributed by atoms with Crippen molar-refractivity contribution in [3.63, 3.8) is 0 Å². The zero-order valence-corrected chi connectivity index (χ0v) is 10.7. The third-order valence-electron chi connectivity index (χ3n) is 2.54. The van der Waals surface area contributed by atoms with Crippen molar-refractivity contribution in [2.75, 3.05) is 13.2 Å². The first-order chi connectivity index (χ1) is 8.36. The molecule has 0 fully saturated rings. The average molecular weight is 233 g/mol. The summed E-state index contributed by atoms with van der Waals surface area (Å²) in [6, 6.07) is 8.55. The van der Waals surface area contributed by atoms with Gasteiger partial charge in [0.2, 0.25) is 0 Å². The van der Waals surface area contributed by atoms with Crippen LogP contribution in [-0.4, -0.2) is 13.2 Å². The van der Waals surface area contributed by atoms with E-state index in [4.69, 9.17) is 4.74 Å². The Morgan fingerprint density at radius 2 is 2.18 bits per heavy atom. The molecular weight excluding hydrogens is 210 g/mol. The first-order valence-electron chi connectivity index (χ1n) is 6.34. The molecule has 0 aliphatic rings. The van der Waals surface area contributed by atoms with E-state index in [0.717, 1.165) is 32.5 Å². The summed E-state index contributed by atoms with van der Waals surface area (Å²) in [7, 11) is 0. The number of benzene rings is 1. The molecule has 0 heterocycles. The van der Waals surface area contributed by atoms with Gasteiger partial charge in [-0.25, -0.2) is 0 Å². The molecule has 1 aromatic carbocycles. The third kappa shape index (κ3) is 6.25. The number of hydrogen-bond acceptors (Lipinski definition) is 2. The highest BCUT2D eigenvalue weighted by Gasteiger charge is 1.96. The third-order valence-corrected chi connectivity index (χ3v) is 2.54. The van der Waals surface area contributed by atoms with E-state index in [0.29, 0.717) is 6.61 Å². The van der Waals surface area contributed by atoms with Crippen LogP contribution in [0.15, 0.2) is 36.9 Å². The molecule has 0 saturated carbocycles. The predicted octanol–water partition coefficient (Wildman–Crippen LogP) is 3.28. The maximum atomic E-state index is 5.61. The fraction of sp³-hybridized carbons (Fsp3) is 0.467. The lowest BCUT2D eigenvalue weighted by molar-refractivity contribution is 0.119. The Labute approximate surface area is 105 Å². The molecule has 1 N–H and O–H groups in total. The molecule has 0 saturated heterocycles. The van der Waals surface area contributed by atoms with E-state index >= 15 is 0 Å². The lowest BCUT2D eigenvalue weighted by Gasteiger charge is -2.06. The summed E-state index contributed by atoms with van der Waals surface area (Å²) >= 11 is 0. The second kappa shape index (κ2) is 8.97. The first kappa shape index (κ1) is 13.9. The largest absolute Gasteiger partial charge is 0.377 e. The maximum Gasteiger partial charge on any atom is 0.0716 e. The molecule has 1 rings (SSSR count). The van der Waals surface area contributed by atoms with Crippen LogP contribution in [-0.2, 0) is 17.9 Å². The summed E-state index contributed by atoms with van der Waals surface area (Å²) < 4.78 is 5.61. The molecule has 0 unspecified atom stereocenters. The lowest BCUT2D eigenvalue weighted by atomic mass is 10.1. The molecule has 0 aliphatic heterocycles. The first-order valence-corrected chi connectivity index (χ1v) is 6.34. The van der Waals surface area contributed by atoms with Crippen LogP contribution in [0.2, 0.25) is 0 Å². The number of ether oxygens (including phenoxy) is 1. The number of unbranched alkanes of at least 4 members (excludes halogenated alkanes) is 1. The highest BCUT2D eigenvalue weighted by molar-refractivity contribution is 5.22. The number of rotatable bonds is 9. The molecule has 17 heavy (non-hydrogen) atoms. The van der Waals surface area contributed by atoms with Crippen LogP contribution in [0.25, 0.3) is 0 Å². The van der Waals surface area contributed by atoms with Gasteiger partial charge in [-0.05, 0) is 30.5 Å². The van der Waals surface area contributed by atoms with Crippen LogP contribution >= 0.6 is 0 Å². The Kier molecular flexibility index (Phi) is 7.35. The Balaban J connectivity index is 2.29. The van der Waals surface area contributed by atoms with Crippen LogP contribution in [0.1, 0.15) is 30.9 Å². The van der Waals surface area contributed by atoms with E-state index < -0.39 is 0 Å². The van der Waals surface area contributed by atoms with Crippen molar-refractivity contribution in [3.05, 3.63) is 48.0 Å². The summed E-state index contributed by atoms with van der Waals surface area (Å²) in [5, 5.41) is 3.32. The molecule has 0 atom stereocenters. The van der Waals surface area contributed by atoms with E-state index in [9.17, 15) is 0 Å². The number of allylic oxidation sites excluding steroid dienone is 1. The highest BCUT2D eigenvalue weighted by atomic mass is 16.5. The summed E-state index contributed by atoms with van der Waals surface area (Å²) in [5.74, 6) is 0. The molecular formula is C15H23NO. The second-order valence-electron chi connectivity index (χ2n) is 4.08. The Morgan fingerprint density at radius 3 is 2.94 bits per heavy atom. The van der Waals surface area contributed by atoms with Crippen molar-refractivity contribution in [3.8, 4) is 0 Å². The maximum absolute atomic E-state index is 5.61. The van der Waals surface area contributed by atoms with Gasteiger partial charge in [-0.1, -0.05) is 37.3 Å². The molecule has 0 aliphatic carbocycles. The molecule has 94 valence electrons. The van der Waals surface area contributed by atoms with Gasteiger partial charge < -0.3 is 10.1 Å². The van der Waals surface area contributed by atoms with Gasteiger partial charge in [-0.3, -0.25) is 0 Å². The van der Waals surface area contributed by atoms with Crippen molar-refractivity contribution < 1.29 is 4.74 Å². The minimum absolute atomic E-state index is 0.705. The fourth-order valence-electron chi connectivity index (χ4n) is 1.62. The van der Waals surface area contributed by atoms with Crippen LogP contribution < -0.4 is 5.32 Å². The van der Waals surface area contributed by atoms with E-state index in [1.165, 1.54) is 11.1 Å². The van der Waals surface area contributed by atoms with E-state index in [1.807, 2.05) is 6.08 Å². The van der Waals surface area contributed by atoms with Gasteiger partial charge in [0.25, 0.3) is 0 Å². The van der Waals surface area contributed by atoms with Crippen LogP contribution in [0.4, 0.5) is 0 Å². The summed E-state index contributed by atoms with van der Waals surface area (Å²) in [6.45, 7) is 9.26. The molecule has 0 aromatic heterocycles. The van der Waals surface area contributed by atoms with Crippen molar-refractivity contribution >= 4 is 0 Å². The van der Waals surface area contributed by atoms with Gasteiger partial charge in [-0.15, -0.1) is 6.58 Å². The van der Waals surface area contributed by atoms with Crippen LogP contribution in [0, 0.1) is 0 Å². The standard InChI is InChI=1S/C15H23NO/c1-3-5-6-10-17-13-15-9-7-8-14(11-15)12-16-4-2/h3,7-9,11,16H,1,4-6,10,12-13H2,2H3. The molecule has 0 spiro atoms. The molecule has 0 amide bonds. The van der Waals surface area contributed by atoms with Gasteiger partial charge in [0, 0.05) is 13.2 Å². The normalized spacial score (nSPS) is 10.4. The van der Waals surface area contributed by atoms with Crippen molar-refractivity contribution in [1.29, 1.82) is 0 Å². The highest BCUT2D eigenvalue weighted by Crippen LogP contribution is 2.07. The SMILES string of the molecule is C=CCCCOCc1cccc(CNCC)c1. The van der Waals surface area contributed by atoms with Gasteiger partial charge in [0.1, 0.15) is 0 Å². The Hall–Kier alpha value is -1.12. The minimum Gasteiger partial charge on any atom is -0.377 e. The van der Waals surface area contributed by atoms with Crippen LogP contribution in [0.5, 0.6) is 0 Å². The smallest absolute Gasteiger partial charge is 0.0716 e. The van der Waals surface area contributed by atoms with E-state index in [-0.39, 0.29) is 0 Å². The van der Waals surface area contributed by atoms with Gasteiger partial charge in [0.05, 0.1) is 6.61 Å². The van der Waals surface area contributed by atoms with Gasteiger partial charge >= 0.3 is 0 Å². The Morgan fingerprint density at radius 1 is 1.35 bits per heavy atom. The average Bonchev–Trinajstić information content (AvgIpc) is 2.37. The molecule has 1 aromatic rings. The van der Waals surface area contributed by atoms with Gasteiger partial charge in [0.15, 0.2) is 0 Å². The zero-order valence-electron chi connectivity index (χ0n) is 10.7. The fourth-order valence-corrected chi connectivity index (χ4v) is 1.62.